The standard InChI is InChI=1S/C16H16NO/c1-13(18)16-7-5-14(6-8-16)3-4-15-9-11-17(2)12-10-15/h3-12H,1-2H3/q+1/b4-3-. The van der Waals surface area contributed by atoms with Crippen molar-refractivity contribution in [2.45, 2.75) is 6.92 Å². The van der Waals surface area contributed by atoms with E-state index < -0.39 is 0 Å². The van der Waals surface area contributed by atoms with E-state index >= 15 is 0 Å². The van der Waals surface area contributed by atoms with Crippen LogP contribution in [0.1, 0.15) is 28.4 Å². The van der Waals surface area contributed by atoms with E-state index in [4.69, 9.17) is 0 Å². The van der Waals surface area contributed by atoms with E-state index in [2.05, 4.69) is 18.2 Å². The second-order valence-corrected chi connectivity index (χ2v) is 4.31. The van der Waals surface area contributed by atoms with Crippen molar-refractivity contribution in [2.75, 3.05) is 0 Å². The molecule has 1 aromatic heterocycles. The van der Waals surface area contributed by atoms with E-state index in [1.54, 1.807) is 6.92 Å². The molecule has 0 saturated carbocycles. The fourth-order valence-corrected chi connectivity index (χ4v) is 1.65. The minimum absolute atomic E-state index is 0.0982. The van der Waals surface area contributed by atoms with Crippen molar-refractivity contribution < 1.29 is 9.36 Å². The summed E-state index contributed by atoms with van der Waals surface area (Å²) >= 11 is 0. The second kappa shape index (κ2) is 5.41. The Morgan fingerprint density at radius 3 is 1.94 bits per heavy atom. The molecule has 0 fully saturated rings. The number of nitrogens with zero attached hydrogens (tertiary/aromatic N) is 1. The zero-order valence-electron chi connectivity index (χ0n) is 10.6. The zero-order valence-corrected chi connectivity index (χ0v) is 10.6. The lowest BCUT2D eigenvalue weighted by Gasteiger charge is -1.97. The van der Waals surface area contributed by atoms with Crippen LogP contribution >= 0.6 is 0 Å². The van der Waals surface area contributed by atoms with Gasteiger partial charge in [0.2, 0.25) is 0 Å². The van der Waals surface area contributed by atoms with Gasteiger partial charge >= 0.3 is 0 Å². The van der Waals surface area contributed by atoms with Crippen LogP contribution in [0.3, 0.4) is 0 Å². The first-order valence-electron chi connectivity index (χ1n) is 5.89. The third-order valence-corrected chi connectivity index (χ3v) is 2.79. The Hall–Kier alpha value is -2.22. The summed E-state index contributed by atoms with van der Waals surface area (Å²) in [5.41, 5.74) is 3.00. The molecule has 0 saturated heterocycles. The molecule has 0 radical (unpaired) electrons. The van der Waals surface area contributed by atoms with E-state index in [-0.39, 0.29) is 5.78 Å². The lowest BCUT2D eigenvalue weighted by atomic mass is 10.1. The van der Waals surface area contributed by atoms with Crippen LogP contribution in [0.15, 0.2) is 48.8 Å². The number of pyridine rings is 1. The summed E-state index contributed by atoms with van der Waals surface area (Å²) in [5.74, 6) is 0.0982. The predicted molar refractivity (Wildman–Crippen MR) is 73.0 cm³/mol. The molecule has 0 N–H and O–H groups in total. The highest BCUT2D eigenvalue weighted by Gasteiger charge is 1.97. The maximum absolute atomic E-state index is 11.1. The molecule has 0 spiro atoms. The molecular formula is C16H16NO+. The molecule has 18 heavy (non-hydrogen) atoms. The van der Waals surface area contributed by atoms with Gasteiger partial charge in [-0.05, 0) is 18.1 Å². The summed E-state index contributed by atoms with van der Waals surface area (Å²) in [6.07, 6.45) is 8.12. The van der Waals surface area contributed by atoms with Gasteiger partial charge in [-0.1, -0.05) is 36.4 Å². The van der Waals surface area contributed by atoms with Crippen molar-refractivity contribution in [3.63, 3.8) is 0 Å². The third-order valence-electron chi connectivity index (χ3n) is 2.79. The molecule has 0 aliphatic rings. The Bertz CT molecular complexity index is 565. The molecule has 0 atom stereocenters. The van der Waals surface area contributed by atoms with Crippen molar-refractivity contribution in [3.8, 4) is 0 Å². The first-order chi connectivity index (χ1) is 8.65. The number of hydrogen-bond donors (Lipinski definition) is 0. The molecule has 0 aliphatic heterocycles. The number of Topliss-reactive ketones (excluding diaryl/α,β-unsaturated/α-hetero) is 1. The van der Waals surface area contributed by atoms with E-state index in [0.29, 0.717) is 0 Å². The number of rotatable bonds is 3. The lowest BCUT2D eigenvalue weighted by molar-refractivity contribution is -0.671. The summed E-state index contributed by atoms with van der Waals surface area (Å²) in [4.78, 5) is 11.1. The first-order valence-corrected chi connectivity index (χ1v) is 5.89. The van der Waals surface area contributed by atoms with Gasteiger partial charge in [-0.15, -0.1) is 0 Å². The summed E-state index contributed by atoms with van der Waals surface area (Å²) in [6.45, 7) is 1.58. The van der Waals surface area contributed by atoms with E-state index in [1.807, 2.05) is 54.3 Å². The molecule has 2 rings (SSSR count). The van der Waals surface area contributed by atoms with Crippen LogP contribution in [-0.4, -0.2) is 5.78 Å². The Labute approximate surface area is 107 Å². The van der Waals surface area contributed by atoms with Gasteiger partial charge in [0.05, 0.1) is 0 Å². The Morgan fingerprint density at radius 1 is 0.944 bits per heavy atom. The van der Waals surface area contributed by atoms with Gasteiger partial charge in [-0.25, -0.2) is 4.57 Å². The highest BCUT2D eigenvalue weighted by molar-refractivity contribution is 5.94. The van der Waals surface area contributed by atoms with Gasteiger partial charge in [0, 0.05) is 17.7 Å². The van der Waals surface area contributed by atoms with E-state index in [9.17, 15) is 4.79 Å². The van der Waals surface area contributed by atoms with Crippen molar-refractivity contribution >= 4 is 17.9 Å². The number of aromatic nitrogens is 1. The maximum Gasteiger partial charge on any atom is 0.169 e. The molecule has 2 aromatic rings. The van der Waals surface area contributed by atoms with E-state index in [0.717, 1.165) is 16.7 Å². The van der Waals surface area contributed by atoms with Gasteiger partial charge in [0.25, 0.3) is 0 Å². The smallest absolute Gasteiger partial charge is 0.169 e. The van der Waals surface area contributed by atoms with E-state index in [1.165, 1.54) is 0 Å². The summed E-state index contributed by atoms with van der Waals surface area (Å²) in [7, 11) is 1.99. The Morgan fingerprint density at radius 2 is 1.44 bits per heavy atom. The molecular weight excluding hydrogens is 222 g/mol. The van der Waals surface area contributed by atoms with Crippen LogP contribution in [0, 0.1) is 0 Å². The number of hydrogen-bond acceptors (Lipinski definition) is 1. The van der Waals surface area contributed by atoms with Gasteiger partial charge in [0.15, 0.2) is 18.2 Å². The maximum atomic E-state index is 11.1. The molecule has 0 aliphatic carbocycles. The second-order valence-electron chi connectivity index (χ2n) is 4.31. The Kier molecular flexibility index (Phi) is 3.68. The van der Waals surface area contributed by atoms with Crippen LogP contribution in [0.25, 0.3) is 12.2 Å². The monoisotopic (exact) mass is 238 g/mol. The van der Waals surface area contributed by atoms with Gasteiger partial charge in [0.1, 0.15) is 7.05 Å². The fourth-order valence-electron chi connectivity index (χ4n) is 1.65. The van der Waals surface area contributed by atoms with Gasteiger partial charge in [-0.2, -0.15) is 0 Å². The minimum atomic E-state index is 0.0982. The number of carbonyl (C=O) groups excluding carboxylic acids is 1. The zero-order chi connectivity index (χ0) is 13.0. The minimum Gasteiger partial charge on any atom is -0.295 e. The predicted octanol–water partition coefficient (Wildman–Crippen LogP) is 2.88. The number of aryl methyl sites for hydroxylation is 1. The number of ketones is 1. The van der Waals surface area contributed by atoms with Crippen molar-refractivity contribution in [1.82, 2.24) is 0 Å². The largest absolute Gasteiger partial charge is 0.295 e. The topological polar surface area (TPSA) is 20.9 Å². The first kappa shape index (κ1) is 12.2. The van der Waals surface area contributed by atoms with Gasteiger partial charge < -0.3 is 0 Å². The summed E-state index contributed by atoms with van der Waals surface area (Å²) in [6, 6.07) is 11.7. The van der Waals surface area contributed by atoms with Crippen molar-refractivity contribution in [3.05, 3.63) is 65.5 Å². The average molecular weight is 238 g/mol. The highest BCUT2D eigenvalue weighted by Crippen LogP contribution is 2.09. The molecule has 2 nitrogen and oxygen atoms in total. The summed E-state index contributed by atoms with van der Waals surface area (Å²) < 4.78 is 2.00. The van der Waals surface area contributed by atoms with Crippen molar-refractivity contribution in [1.29, 1.82) is 0 Å². The Balaban J connectivity index is 2.13. The van der Waals surface area contributed by atoms with Gasteiger partial charge in [-0.3, -0.25) is 4.79 Å². The third kappa shape index (κ3) is 3.14. The van der Waals surface area contributed by atoms with Crippen molar-refractivity contribution in [2.24, 2.45) is 7.05 Å². The van der Waals surface area contributed by atoms with Crippen LogP contribution in [0.5, 0.6) is 0 Å². The van der Waals surface area contributed by atoms with Crippen LogP contribution < -0.4 is 4.57 Å². The average Bonchev–Trinajstić information content (AvgIpc) is 2.38. The molecule has 90 valence electrons. The molecule has 1 heterocycles. The molecule has 2 heteroatoms. The number of carbonyl (C=O) groups is 1. The van der Waals surface area contributed by atoms with Crippen LogP contribution in [0.2, 0.25) is 0 Å². The quantitative estimate of drug-likeness (QED) is 0.595. The molecule has 1 aromatic carbocycles. The molecule has 0 bridgehead atoms. The highest BCUT2D eigenvalue weighted by atomic mass is 16.1. The van der Waals surface area contributed by atoms with Crippen LogP contribution in [-0.2, 0) is 7.05 Å². The van der Waals surface area contributed by atoms with Crippen LogP contribution in [0.4, 0.5) is 0 Å². The summed E-state index contributed by atoms with van der Waals surface area (Å²) in [5, 5.41) is 0. The SMILES string of the molecule is CC(=O)c1ccc(/C=C\c2cc[n+](C)cc2)cc1. The molecule has 0 amide bonds. The fraction of sp³-hybridized carbons (Fsp3) is 0.125. The number of benzene rings is 1. The normalized spacial score (nSPS) is 10.8. The molecule has 0 unspecified atom stereocenters. The lowest BCUT2D eigenvalue weighted by Crippen LogP contribution is -2.25.